The first-order valence-corrected chi connectivity index (χ1v) is 6.73. The summed E-state index contributed by atoms with van der Waals surface area (Å²) in [6.45, 7) is 1.67. The normalized spacial score (nSPS) is 13.4. The molecule has 1 aliphatic heterocycles. The third kappa shape index (κ3) is 2.39. The van der Waals surface area contributed by atoms with Crippen LogP contribution < -0.4 is 5.32 Å². The molecule has 0 saturated heterocycles. The third-order valence-electron chi connectivity index (χ3n) is 3.27. The molecule has 0 saturated carbocycles. The van der Waals surface area contributed by atoms with E-state index in [-0.39, 0.29) is 5.78 Å². The van der Waals surface area contributed by atoms with Crippen molar-refractivity contribution < 1.29 is 4.79 Å². The molecule has 2 aromatic carbocycles. The molecule has 4 heteroatoms. The molecule has 96 valence electrons. The molecule has 1 aliphatic rings. The molecular weight excluding hydrogens is 281 g/mol. The van der Waals surface area contributed by atoms with Crippen molar-refractivity contribution in [2.45, 2.75) is 13.1 Å². The Morgan fingerprint density at radius 3 is 2.63 bits per heavy atom. The van der Waals surface area contributed by atoms with Crippen LogP contribution in [-0.2, 0) is 13.1 Å². The highest BCUT2D eigenvalue weighted by molar-refractivity contribution is 6.36. The smallest absolute Gasteiger partial charge is 0.194 e. The minimum atomic E-state index is -0.0952. The monoisotopic (exact) mass is 291 g/mol. The Bertz CT molecular complexity index is 667. The maximum Gasteiger partial charge on any atom is 0.194 e. The maximum absolute atomic E-state index is 12.5. The van der Waals surface area contributed by atoms with E-state index in [9.17, 15) is 4.79 Å². The van der Waals surface area contributed by atoms with Gasteiger partial charge < -0.3 is 5.32 Å². The van der Waals surface area contributed by atoms with E-state index in [0.29, 0.717) is 21.2 Å². The molecule has 0 unspecified atom stereocenters. The quantitative estimate of drug-likeness (QED) is 0.852. The van der Waals surface area contributed by atoms with Crippen LogP contribution in [0.25, 0.3) is 0 Å². The maximum atomic E-state index is 12.5. The van der Waals surface area contributed by atoms with Gasteiger partial charge in [-0.2, -0.15) is 0 Å². The van der Waals surface area contributed by atoms with Crippen molar-refractivity contribution in [1.82, 2.24) is 5.32 Å². The number of nitrogens with one attached hydrogen (secondary N) is 1. The molecule has 0 atom stereocenters. The van der Waals surface area contributed by atoms with Crippen LogP contribution in [0.5, 0.6) is 0 Å². The lowest BCUT2D eigenvalue weighted by Gasteiger charge is -2.06. The molecular formula is C15H11Cl2NO. The number of carbonyl (C=O) groups excluding carboxylic acids is 1. The molecule has 19 heavy (non-hydrogen) atoms. The summed E-state index contributed by atoms with van der Waals surface area (Å²) in [5.41, 5.74) is 3.50. The van der Waals surface area contributed by atoms with Gasteiger partial charge in [0.2, 0.25) is 0 Å². The number of halogens is 2. The second-order valence-corrected chi connectivity index (χ2v) is 5.38. The van der Waals surface area contributed by atoms with E-state index < -0.39 is 0 Å². The van der Waals surface area contributed by atoms with Crippen molar-refractivity contribution in [2.24, 2.45) is 0 Å². The van der Waals surface area contributed by atoms with E-state index in [1.165, 1.54) is 11.1 Å². The summed E-state index contributed by atoms with van der Waals surface area (Å²) in [5, 5.41) is 4.19. The van der Waals surface area contributed by atoms with Crippen molar-refractivity contribution in [1.29, 1.82) is 0 Å². The van der Waals surface area contributed by atoms with Gasteiger partial charge in [0.15, 0.2) is 5.78 Å². The summed E-state index contributed by atoms with van der Waals surface area (Å²) < 4.78 is 0. The van der Waals surface area contributed by atoms with Crippen molar-refractivity contribution >= 4 is 29.0 Å². The number of fused-ring (bicyclic) bond motifs is 1. The Kier molecular flexibility index (Phi) is 3.31. The summed E-state index contributed by atoms with van der Waals surface area (Å²) in [7, 11) is 0. The lowest BCUT2D eigenvalue weighted by molar-refractivity contribution is 0.103. The van der Waals surface area contributed by atoms with Crippen LogP contribution in [0.1, 0.15) is 27.0 Å². The second kappa shape index (κ2) is 4.97. The highest BCUT2D eigenvalue weighted by Crippen LogP contribution is 2.25. The van der Waals surface area contributed by atoms with Crippen LogP contribution in [0.3, 0.4) is 0 Å². The minimum Gasteiger partial charge on any atom is -0.309 e. The van der Waals surface area contributed by atoms with E-state index in [1.54, 1.807) is 18.2 Å². The Balaban J connectivity index is 2.02. The van der Waals surface area contributed by atoms with Gasteiger partial charge in [-0.1, -0.05) is 35.3 Å². The first-order valence-electron chi connectivity index (χ1n) is 5.97. The van der Waals surface area contributed by atoms with Gasteiger partial charge in [0.25, 0.3) is 0 Å². The molecule has 0 radical (unpaired) electrons. The van der Waals surface area contributed by atoms with Gasteiger partial charge in [-0.3, -0.25) is 4.79 Å². The topological polar surface area (TPSA) is 29.1 Å². The van der Waals surface area contributed by atoms with E-state index in [0.717, 1.165) is 13.1 Å². The summed E-state index contributed by atoms with van der Waals surface area (Å²) in [6, 6.07) is 10.7. The van der Waals surface area contributed by atoms with Crippen LogP contribution in [0, 0.1) is 0 Å². The first-order chi connectivity index (χ1) is 9.15. The van der Waals surface area contributed by atoms with Crippen LogP contribution in [0.4, 0.5) is 0 Å². The summed E-state index contributed by atoms with van der Waals surface area (Å²) >= 11 is 12.0. The summed E-state index contributed by atoms with van der Waals surface area (Å²) in [4.78, 5) is 12.5. The Morgan fingerprint density at radius 2 is 1.79 bits per heavy atom. The predicted molar refractivity (Wildman–Crippen MR) is 76.9 cm³/mol. The second-order valence-electron chi connectivity index (χ2n) is 4.54. The van der Waals surface area contributed by atoms with Gasteiger partial charge in [0.05, 0.1) is 5.02 Å². The molecule has 0 spiro atoms. The number of carbonyl (C=O) groups is 1. The molecule has 3 rings (SSSR count). The molecule has 0 aliphatic carbocycles. The lowest BCUT2D eigenvalue weighted by Crippen LogP contribution is -2.03. The van der Waals surface area contributed by atoms with Gasteiger partial charge in [-0.05, 0) is 35.4 Å². The molecule has 0 bridgehead atoms. The molecule has 1 heterocycles. The average Bonchev–Trinajstić information content (AvgIpc) is 2.88. The average molecular weight is 292 g/mol. The van der Waals surface area contributed by atoms with Crippen molar-refractivity contribution in [3.05, 3.63) is 68.7 Å². The predicted octanol–water partition coefficient (Wildman–Crippen LogP) is 3.83. The highest BCUT2D eigenvalue weighted by atomic mass is 35.5. The third-order valence-corrected chi connectivity index (χ3v) is 3.84. The zero-order chi connectivity index (χ0) is 13.4. The lowest BCUT2D eigenvalue weighted by atomic mass is 9.99. The van der Waals surface area contributed by atoms with Gasteiger partial charge in [-0.15, -0.1) is 0 Å². The molecule has 1 N–H and O–H groups in total. The van der Waals surface area contributed by atoms with Crippen LogP contribution in [-0.4, -0.2) is 5.78 Å². The van der Waals surface area contributed by atoms with Gasteiger partial charge in [0.1, 0.15) is 0 Å². The zero-order valence-electron chi connectivity index (χ0n) is 10.0. The van der Waals surface area contributed by atoms with Crippen LogP contribution in [0.15, 0.2) is 36.4 Å². The molecule has 0 amide bonds. The fourth-order valence-electron chi connectivity index (χ4n) is 2.26. The number of hydrogen-bond acceptors (Lipinski definition) is 2. The van der Waals surface area contributed by atoms with Crippen LogP contribution in [0.2, 0.25) is 10.0 Å². The highest BCUT2D eigenvalue weighted by Gasteiger charge is 2.17. The van der Waals surface area contributed by atoms with Crippen molar-refractivity contribution in [3.8, 4) is 0 Å². The van der Waals surface area contributed by atoms with Crippen LogP contribution >= 0.6 is 23.2 Å². The Morgan fingerprint density at radius 1 is 1.00 bits per heavy atom. The number of benzene rings is 2. The largest absolute Gasteiger partial charge is 0.309 e. The number of hydrogen-bond donors (Lipinski definition) is 1. The van der Waals surface area contributed by atoms with E-state index in [2.05, 4.69) is 5.32 Å². The van der Waals surface area contributed by atoms with E-state index in [1.807, 2.05) is 18.2 Å². The van der Waals surface area contributed by atoms with Crippen molar-refractivity contribution in [3.63, 3.8) is 0 Å². The molecule has 2 nitrogen and oxygen atoms in total. The summed E-state index contributed by atoms with van der Waals surface area (Å²) in [6.07, 6.45) is 0. The van der Waals surface area contributed by atoms with Crippen molar-refractivity contribution in [2.75, 3.05) is 0 Å². The Hall–Kier alpha value is -1.35. The SMILES string of the molecule is O=C(c1ccc2c(c1)CNC2)c1cc(Cl)ccc1Cl. The van der Waals surface area contributed by atoms with E-state index >= 15 is 0 Å². The van der Waals surface area contributed by atoms with E-state index in [4.69, 9.17) is 23.2 Å². The Labute approximate surface area is 121 Å². The van der Waals surface area contributed by atoms with Gasteiger partial charge in [0, 0.05) is 29.2 Å². The summed E-state index contributed by atoms with van der Waals surface area (Å²) in [5.74, 6) is -0.0952. The molecule has 0 fully saturated rings. The molecule has 0 aromatic heterocycles. The molecule has 2 aromatic rings. The zero-order valence-corrected chi connectivity index (χ0v) is 11.6. The standard InChI is InChI=1S/C15H11Cl2NO/c16-12-3-4-14(17)13(6-12)15(19)9-1-2-10-7-18-8-11(10)5-9/h1-6,18H,7-8H2. The minimum absolute atomic E-state index is 0.0952. The number of rotatable bonds is 2. The fraction of sp³-hybridized carbons (Fsp3) is 0.133. The fourth-order valence-corrected chi connectivity index (χ4v) is 2.64. The van der Waals surface area contributed by atoms with Gasteiger partial charge >= 0.3 is 0 Å². The first kappa shape index (κ1) is 12.7. The number of ketones is 1. The van der Waals surface area contributed by atoms with Gasteiger partial charge in [-0.25, -0.2) is 0 Å².